The normalized spacial score (nSPS) is 13.2. The van der Waals surface area contributed by atoms with E-state index in [1.54, 1.807) is 11.0 Å². The summed E-state index contributed by atoms with van der Waals surface area (Å²) < 4.78 is 0.835. The van der Waals surface area contributed by atoms with Gasteiger partial charge in [-0.25, -0.2) is 0 Å². The Morgan fingerprint density at radius 2 is 2.00 bits per heavy atom. The molecule has 1 aliphatic heterocycles. The van der Waals surface area contributed by atoms with Crippen molar-refractivity contribution in [3.05, 3.63) is 69.2 Å². The van der Waals surface area contributed by atoms with E-state index in [4.69, 9.17) is 0 Å². The molecule has 0 saturated carbocycles. The largest absolute Gasteiger partial charge is 0.330 e. The third-order valence-electron chi connectivity index (χ3n) is 3.38. The first kappa shape index (κ1) is 12.9. The van der Waals surface area contributed by atoms with Crippen molar-refractivity contribution in [3.63, 3.8) is 0 Å². The van der Waals surface area contributed by atoms with Gasteiger partial charge in [0.25, 0.3) is 5.91 Å². The maximum Gasteiger partial charge on any atom is 0.256 e. The standard InChI is InChI=1S/C16H11BrN2O/c17-14-6-12(8-18)15-13(7-14)10-19(16(15)20)9-11-4-2-1-3-5-11/h1-7H,9-10H2. The molecule has 0 unspecified atom stereocenters. The first-order valence-electron chi connectivity index (χ1n) is 6.25. The molecule has 98 valence electrons. The highest BCUT2D eigenvalue weighted by Crippen LogP contribution is 2.30. The van der Waals surface area contributed by atoms with Gasteiger partial charge in [-0.05, 0) is 23.3 Å². The van der Waals surface area contributed by atoms with Crippen LogP contribution in [0.5, 0.6) is 0 Å². The quantitative estimate of drug-likeness (QED) is 0.848. The lowest BCUT2D eigenvalue weighted by Gasteiger charge is -2.15. The molecule has 2 aromatic rings. The zero-order chi connectivity index (χ0) is 14.1. The van der Waals surface area contributed by atoms with E-state index in [-0.39, 0.29) is 5.91 Å². The zero-order valence-electron chi connectivity index (χ0n) is 10.6. The number of benzene rings is 2. The van der Waals surface area contributed by atoms with Gasteiger partial charge in [0.1, 0.15) is 6.07 Å². The van der Waals surface area contributed by atoms with Gasteiger partial charge in [-0.1, -0.05) is 46.3 Å². The Bertz CT molecular complexity index is 719. The van der Waals surface area contributed by atoms with Crippen molar-refractivity contribution >= 4 is 21.8 Å². The van der Waals surface area contributed by atoms with Gasteiger partial charge >= 0.3 is 0 Å². The van der Waals surface area contributed by atoms with E-state index in [2.05, 4.69) is 22.0 Å². The fraction of sp³-hybridized carbons (Fsp3) is 0.125. The lowest BCUT2D eigenvalue weighted by Crippen LogP contribution is -2.23. The molecule has 0 atom stereocenters. The first-order chi connectivity index (χ1) is 9.69. The Balaban J connectivity index is 1.93. The number of nitriles is 1. The Morgan fingerprint density at radius 3 is 2.70 bits per heavy atom. The van der Waals surface area contributed by atoms with E-state index in [1.807, 2.05) is 36.4 Å². The molecule has 0 N–H and O–H groups in total. The van der Waals surface area contributed by atoms with Gasteiger partial charge in [0, 0.05) is 17.6 Å². The van der Waals surface area contributed by atoms with E-state index >= 15 is 0 Å². The number of hydrogen-bond acceptors (Lipinski definition) is 2. The fourth-order valence-electron chi connectivity index (χ4n) is 2.50. The summed E-state index contributed by atoms with van der Waals surface area (Å²) in [6, 6.07) is 15.6. The minimum Gasteiger partial charge on any atom is -0.330 e. The minimum atomic E-state index is -0.0621. The molecule has 0 aromatic heterocycles. The molecular weight excluding hydrogens is 316 g/mol. The maximum atomic E-state index is 12.5. The van der Waals surface area contributed by atoms with E-state index in [0.717, 1.165) is 15.6 Å². The Hall–Kier alpha value is -2.12. The van der Waals surface area contributed by atoms with Gasteiger partial charge < -0.3 is 4.90 Å². The number of nitrogens with zero attached hydrogens (tertiary/aromatic N) is 2. The molecule has 4 heteroatoms. The van der Waals surface area contributed by atoms with Crippen LogP contribution >= 0.6 is 15.9 Å². The van der Waals surface area contributed by atoms with E-state index in [1.165, 1.54) is 0 Å². The van der Waals surface area contributed by atoms with E-state index < -0.39 is 0 Å². The summed E-state index contributed by atoms with van der Waals surface area (Å²) in [4.78, 5) is 14.2. The second-order valence-corrected chi connectivity index (χ2v) is 5.66. The number of amides is 1. The highest BCUT2D eigenvalue weighted by molar-refractivity contribution is 9.10. The Morgan fingerprint density at radius 1 is 1.25 bits per heavy atom. The van der Waals surface area contributed by atoms with Crippen LogP contribution in [0, 0.1) is 11.3 Å². The smallest absolute Gasteiger partial charge is 0.256 e. The summed E-state index contributed by atoms with van der Waals surface area (Å²) in [6.45, 7) is 1.12. The summed E-state index contributed by atoms with van der Waals surface area (Å²) in [5, 5.41) is 9.18. The summed E-state index contributed by atoms with van der Waals surface area (Å²) in [5.74, 6) is -0.0621. The molecule has 20 heavy (non-hydrogen) atoms. The van der Waals surface area contributed by atoms with Crippen molar-refractivity contribution < 1.29 is 4.79 Å². The van der Waals surface area contributed by atoms with Gasteiger partial charge in [0.15, 0.2) is 0 Å². The molecule has 1 aliphatic rings. The third kappa shape index (κ3) is 2.21. The molecule has 1 amide bonds. The van der Waals surface area contributed by atoms with Gasteiger partial charge in [0.2, 0.25) is 0 Å². The van der Waals surface area contributed by atoms with Crippen LogP contribution in [-0.2, 0) is 13.1 Å². The number of fused-ring (bicyclic) bond motifs is 1. The fourth-order valence-corrected chi connectivity index (χ4v) is 3.00. The lowest BCUT2D eigenvalue weighted by atomic mass is 10.0. The average molecular weight is 327 g/mol. The predicted molar refractivity (Wildman–Crippen MR) is 78.9 cm³/mol. The molecule has 0 radical (unpaired) electrons. The van der Waals surface area contributed by atoms with Crippen LogP contribution in [0.1, 0.15) is 27.0 Å². The molecule has 0 spiro atoms. The van der Waals surface area contributed by atoms with Crippen molar-refractivity contribution in [2.75, 3.05) is 0 Å². The Kier molecular flexibility index (Phi) is 3.29. The number of halogens is 1. The summed E-state index contributed by atoms with van der Waals surface area (Å²) >= 11 is 3.38. The van der Waals surface area contributed by atoms with E-state index in [0.29, 0.717) is 24.2 Å². The third-order valence-corrected chi connectivity index (χ3v) is 3.84. The average Bonchev–Trinajstić information content (AvgIpc) is 2.75. The number of rotatable bonds is 2. The van der Waals surface area contributed by atoms with Crippen molar-refractivity contribution in [2.45, 2.75) is 13.1 Å². The number of carbonyl (C=O) groups excluding carboxylic acids is 1. The van der Waals surface area contributed by atoms with Crippen molar-refractivity contribution in [2.24, 2.45) is 0 Å². The molecule has 0 fully saturated rings. The van der Waals surface area contributed by atoms with Crippen molar-refractivity contribution in [3.8, 4) is 6.07 Å². The molecule has 3 rings (SSSR count). The molecule has 0 saturated heterocycles. The maximum absolute atomic E-state index is 12.5. The van der Waals surface area contributed by atoms with Crippen molar-refractivity contribution in [1.82, 2.24) is 4.90 Å². The zero-order valence-corrected chi connectivity index (χ0v) is 12.2. The van der Waals surface area contributed by atoms with Gasteiger partial charge in [-0.15, -0.1) is 0 Å². The highest BCUT2D eigenvalue weighted by atomic mass is 79.9. The highest BCUT2D eigenvalue weighted by Gasteiger charge is 2.30. The van der Waals surface area contributed by atoms with Crippen molar-refractivity contribution in [1.29, 1.82) is 5.26 Å². The van der Waals surface area contributed by atoms with Crippen LogP contribution in [0.2, 0.25) is 0 Å². The van der Waals surface area contributed by atoms with Crippen LogP contribution in [0.15, 0.2) is 46.9 Å². The monoisotopic (exact) mass is 326 g/mol. The van der Waals surface area contributed by atoms with Crippen LogP contribution in [0.25, 0.3) is 0 Å². The lowest BCUT2D eigenvalue weighted by molar-refractivity contribution is 0.0766. The predicted octanol–water partition coefficient (Wildman–Crippen LogP) is 3.48. The summed E-state index contributed by atoms with van der Waals surface area (Å²) in [5.41, 5.74) is 2.99. The van der Waals surface area contributed by atoms with Gasteiger partial charge in [0.05, 0.1) is 11.1 Å². The van der Waals surface area contributed by atoms with Gasteiger partial charge in [-0.2, -0.15) is 5.26 Å². The molecular formula is C16H11BrN2O. The van der Waals surface area contributed by atoms with Crippen LogP contribution in [-0.4, -0.2) is 10.8 Å². The second-order valence-electron chi connectivity index (χ2n) is 4.75. The van der Waals surface area contributed by atoms with Crippen LogP contribution in [0.4, 0.5) is 0 Å². The van der Waals surface area contributed by atoms with Gasteiger partial charge in [-0.3, -0.25) is 4.79 Å². The molecule has 1 heterocycles. The SMILES string of the molecule is N#Cc1cc(Br)cc2c1C(=O)N(Cc1ccccc1)C2. The second kappa shape index (κ2) is 5.10. The van der Waals surface area contributed by atoms with Crippen LogP contribution < -0.4 is 0 Å². The van der Waals surface area contributed by atoms with E-state index in [9.17, 15) is 10.1 Å². The molecule has 0 bridgehead atoms. The topological polar surface area (TPSA) is 44.1 Å². The molecule has 3 nitrogen and oxygen atoms in total. The summed E-state index contributed by atoms with van der Waals surface area (Å²) in [7, 11) is 0. The number of carbonyl (C=O) groups is 1. The first-order valence-corrected chi connectivity index (χ1v) is 7.04. The summed E-state index contributed by atoms with van der Waals surface area (Å²) in [6.07, 6.45) is 0. The van der Waals surface area contributed by atoms with Crippen LogP contribution in [0.3, 0.4) is 0 Å². The molecule has 0 aliphatic carbocycles. The Labute approximate surface area is 125 Å². The number of hydrogen-bond donors (Lipinski definition) is 0. The molecule has 2 aromatic carbocycles. The minimum absolute atomic E-state index is 0.0621.